The van der Waals surface area contributed by atoms with Gasteiger partial charge in [0, 0.05) is 19.0 Å². The SMILES string of the molecule is O=C(O)C1CCN(Cc2ccccc2)CC1c1ccc(F)c(F)c1. The van der Waals surface area contributed by atoms with Gasteiger partial charge in [-0.25, -0.2) is 8.78 Å². The summed E-state index contributed by atoms with van der Waals surface area (Å²) in [6.07, 6.45) is 0.492. The van der Waals surface area contributed by atoms with Crippen molar-refractivity contribution in [3.63, 3.8) is 0 Å². The third-order valence-electron chi connectivity index (χ3n) is 4.63. The molecule has 1 aliphatic rings. The van der Waals surface area contributed by atoms with Gasteiger partial charge in [0.15, 0.2) is 11.6 Å². The molecule has 0 saturated carbocycles. The van der Waals surface area contributed by atoms with E-state index in [2.05, 4.69) is 4.90 Å². The van der Waals surface area contributed by atoms with Gasteiger partial charge in [0.25, 0.3) is 0 Å². The van der Waals surface area contributed by atoms with Crippen molar-refractivity contribution in [3.8, 4) is 0 Å². The fourth-order valence-corrected chi connectivity index (χ4v) is 3.38. The highest BCUT2D eigenvalue weighted by Gasteiger charge is 2.35. The van der Waals surface area contributed by atoms with Crippen LogP contribution in [0.25, 0.3) is 0 Å². The first-order valence-electron chi connectivity index (χ1n) is 7.98. The molecular formula is C19H19F2NO2. The predicted molar refractivity (Wildman–Crippen MR) is 86.6 cm³/mol. The van der Waals surface area contributed by atoms with Crippen LogP contribution in [0.5, 0.6) is 0 Å². The molecule has 126 valence electrons. The summed E-state index contributed by atoms with van der Waals surface area (Å²) in [5.74, 6) is -3.67. The van der Waals surface area contributed by atoms with Crippen LogP contribution in [-0.4, -0.2) is 29.1 Å². The van der Waals surface area contributed by atoms with Gasteiger partial charge in [0.1, 0.15) is 0 Å². The van der Waals surface area contributed by atoms with Gasteiger partial charge >= 0.3 is 5.97 Å². The van der Waals surface area contributed by atoms with E-state index in [1.165, 1.54) is 6.07 Å². The van der Waals surface area contributed by atoms with Crippen molar-refractivity contribution in [3.05, 3.63) is 71.3 Å². The summed E-state index contributed by atoms with van der Waals surface area (Å²) in [4.78, 5) is 13.7. The van der Waals surface area contributed by atoms with E-state index in [0.717, 1.165) is 17.7 Å². The topological polar surface area (TPSA) is 40.5 Å². The van der Waals surface area contributed by atoms with Crippen LogP contribution in [-0.2, 0) is 11.3 Å². The Bertz CT molecular complexity index is 721. The number of nitrogens with zero attached hydrogens (tertiary/aromatic N) is 1. The third kappa shape index (κ3) is 3.62. The maximum atomic E-state index is 13.6. The van der Waals surface area contributed by atoms with Crippen LogP contribution >= 0.6 is 0 Å². The Balaban J connectivity index is 1.82. The largest absolute Gasteiger partial charge is 0.481 e. The molecule has 2 aromatic carbocycles. The molecule has 0 bridgehead atoms. The minimum atomic E-state index is -0.933. The molecule has 24 heavy (non-hydrogen) atoms. The Kier molecular flexibility index (Phi) is 4.90. The first-order chi connectivity index (χ1) is 11.5. The Morgan fingerprint density at radius 1 is 1.12 bits per heavy atom. The molecule has 0 spiro atoms. The average Bonchev–Trinajstić information content (AvgIpc) is 2.58. The molecule has 0 radical (unpaired) electrons. The molecule has 0 amide bonds. The standard InChI is InChI=1S/C19H19F2NO2/c20-17-7-6-14(10-18(17)21)16-12-22(9-8-15(16)19(23)24)11-13-4-2-1-3-5-13/h1-7,10,15-16H,8-9,11-12H2,(H,23,24). The van der Waals surface area contributed by atoms with Gasteiger partial charge < -0.3 is 5.11 Å². The highest BCUT2D eigenvalue weighted by Crippen LogP contribution is 2.34. The number of carboxylic acids is 1. The number of hydrogen-bond acceptors (Lipinski definition) is 2. The van der Waals surface area contributed by atoms with Gasteiger partial charge in [0.05, 0.1) is 5.92 Å². The molecule has 0 aliphatic carbocycles. The quantitative estimate of drug-likeness (QED) is 0.929. The second-order valence-electron chi connectivity index (χ2n) is 6.23. The van der Waals surface area contributed by atoms with Gasteiger partial charge in [-0.3, -0.25) is 9.69 Å². The first-order valence-corrected chi connectivity index (χ1v) is 7.98. The van der Waals surface area contributed by atoms with Crippen LogP contribution in [0.15, 0.2) is 48.5 Å². The van der Waals surface area contributed by atoms with Crippen molar-refractivity contribution in [2.45, 2.75) is 18.9 Å². The molecule has 1 saturated heterocycles. The smallest absolute Gasteiger partial charge is 0.307 e. The number of rotatable bonds is 4. The van der Waals surface area contributed by atoms with Crippen molar-refractivity contribution in [2.75, 3.05) is 13.1 Å². The number of hydrogen-bond donors (Lipinski definition) is 1. The van der Waals surface area contributed by atoms with Crippen LogP contribution in [0.3, 0.4) is 0 Å². The lowest BCUT2D eigenvalue weighted by Gasteiger charge is -2.37. The number of benzene rings is 2. The summed E-state index contributed by atoms with van der Waals surface area (Å²) in [5.41, 5.74) is 1.69. The normalized spacial score (nSPS) is 21.6. The molecule has 2 atom stereocenters. The molecule has 1 aliphatic heterocycles. The lowest BCUT2D eigenvalue weighted by atomic mass is 9.80. The lowest BCUT2D eigenvalue weighted by molar-refractivity contribution is -0.144. The fraction of sp³-hybridized carbons (Fsp3) is 0.316. The van der Waals surface area contributed by atoms with Crippen LogP contribution in [0, 0.1) is 17.6 Å². The summed E-state index contributed by atoms with van der Waals surface area (Å²) in [5, 5.41) is 9.48. The van der Waals surface area contributed by atoms with Crippen molar-refractivity contribution >= 4 is 5.97 Å². The van der Waals surface area contributed by atoms with Crippen molar-refractivity contribution in [1.29, 1.82) is 0 Å². The number of piperidine rings is 1. The number of halogens is 2. The second-order valence-corrected chi connectivity index (χ2v) is 6.23. The minimum Gasteiger partial charge on any atom is -0.481 e. The fourth-order valence-electron chi connectivity index (χ4n) is 3.38. The van der Waals surface area contributed by atoms with Gasteiger partial charge in [-0.1, -0.05) is 36.4 Å². The predicted octanol–water partition coefficient (Wildman–Crippen LogP) is 3.66. The third-order valence-corrected chi connectivity index (χ3v) is 4.63. The van der Waals surface area contributed by atoms with Crippen molar-refractivity contribution in [1.82, 2.24) is 4.90 Å². The summed E-state index contributed by atoms with van der Waals surface area (Å²) < 4.78 is 26.8. The molecule has 1 fully saturated rings. The lowest BCUT2D eigenvalue weighted by Crippen LogP contribution is -2.41. The summed E-state index contributed by atoms with van der Waals surface area (Å²) >= 11 is 0. The molecular weight excluding hydrogens is 312 g/mol. The van der Waals surface area contributed by atoms with Gasteiger partial charge in [0.2, 0.25) is 0 Å². The van der Waals surface area contributed by atoms with E-state index in [1.54, 1.807) is 0 Å². The second kappa shape index (κ2) is 7.09. The summed E-state index contributed by atoms with van der Waals surface area (Å²) in [7, 11) is 0. The van der Waals surface area contributed by atoms with E-state index in [0.29, 0.717) is 31.6 Å². The molecule has 3 nitrogen and oxygen atoms in total. The van der Waals surface area contributed by atoms with Gasteiger partial charge in [-0.2, -0.15) is 0 Å². The number of carbonyl (C=O) groups is 1. The highest BCUT2D eigenvalue weighted by atomic mass is 19.2. The van der Waals surface area contributed by atoms with Crippen molar-refractivity contribution < 1.29 is 18.7 Å². The molecule has 2 aromatic rings. The zero-order valence-electron chi connectivity index (χ0n) is 13.2. The van der Waals surface area contributed by atoms with Crippen LogP contribution < -0.4 is 0 Å². The number of aliphatic carboxylic acids is 1. The van der Waals surface area contributed by atoms with Crippen molar-refractivity contribution in [2.24, 2.45) is 5.92 Å². The zero-order chi connectivity index (χ0) is 17.1. The Hall–Kier alpha value is -2.27. The first kappa shape index (κ1) is 16.6. The van der Waals surface area contributed by atoms with E-state index in [4.69, 9.17) is 0 Å². The molecule has 1 N–H and O–H groups in total. The highest BCUT2D eigenvalue weighted by molar-refractivity contribution is 5.71. The van der Waals surface area contributed by atoms with Crippen LogP contribution in [0.1, 0.15) is 23.5 Å². The van der Waals surface area contributed by atoms with E-state index < -0.39 is 23.5 Å². The van der Waals surface area contributed by atoms with Crippen LogP contribution in [0.4, 0.5) is 8.78 Å². The maximum Gasteiger partial charge on any atom is 0.307 e. The summed E-state index contributed by atoms with van der Waals surface area (Å²) in [6.45, 7) is 1.90. The Morgan fingerprint density at radius 3 is 2.54 bits per heavy atom. The Morgan fingerprint density at radius 2 is 1.88 bits per heavy atom. The van der Waals surface area contributed by atoms with E-state index in [9.17, 15) is 18.7 Å². The van der Waals surface area contributed by atoms with Gasteiger partial charge in [-0.15, -0.1) is 0 Å². The zero-order valence-corrected chi connectivity index (χ0v) is 13.2. The molecule has 3 rings (SSSR count). The number of likely N-dealkylation sites (tertiary alicyclic amines) is 1. The molecule has 2 unspecified atom stereocenters. The monoisotopic (exact) mass is 331 g/mol. The van der Waals surface area contributed by atoms with Gasteiger partial charge in [-0.05, 0) is 36.2 Å². The number of carboxylic acid groups (broad SMARTS) is 1. The molecule has 0 aromatic heterocycles. The van der Waals surface area contributed by atoms with E-state index in [1.807, 2.05) is 30.3 Å². The van der Waals surface area contributed by atoms with Crippen LogP contribution in [0.2, 0.25) is 0 Å². The maximum absolute atomic E-state index is 13.6. The van der Waals surface area contributed by atoms with E-state index >= 15 is 0 Å². The average molecular weight is 331 g/mol. The Labute approximate surface area is 139 Å². The molecule has 5 heteroatoms. The molecule has 1 heterocycles. The van der Waals surface area contributed by atoms with E-state index in [-0.39, 0.29) is 5.92 Å². The summed E-state index contributed by atoms with van der Waals surface area (Å²) in [6, 6.07) is 13.6. The minimum absolute atomic E-state index is 0.352.